The van der Waals surface area contributed by atoms with E-state index in [4.69, 9.17) is 16.3 Å². The van der Waals surface area contributed by atoms with Gasteiger partial charge in [0.05, 0.1) is 16.4 Å². The summed E-state index contributed by atoms with van der Waals surface area (Å²) in [6.07, 6.45) is 0.154. The smallest absolute Gasteiger partial charge is 0.270 e. The molecule has 0 spiro atoms. The highest BCUT2D eigenvalue weighted by Gasteiger charge is 2.40. The molecule has 2 amide bonds. The molecule has 1 aliphatic heterocycles. The molecule has 0 aliphatic carbocycles. The number of anilines is 2. The summed E-state index contributed by atoms with van der Waals surface area (Å²) < 4.78 is 5.77. The van der Waals surface area contributed by atoms with Gasteiger partial charge in [-0.05, 0) is 38.1 Å². The van der Waals surface area contributed by atoms with E-state index in [2.05, 4.69) is 5.32 Å². The number of nitrogens with one attached hydrogen (secondary N) is 1. The lowest BCUT2D eigenvalue weighted by Crippen LogP contribution is -2.53. The standard InChI is InChI=1S/C19H19ClN2O3/c1-19(2)18(24)22(15-9-5-6-10-16(15)25-19)12-11-17(23)21-14-8-4-3-7-13(14)20/h3-10H,11-12H2,1-2H3,(H,21,23). The molecule has 1 aliphatic rings. The van der Waals surface area contributed by atoms with Crippen LogP contribution in [0.25, 0.3) is 0 Å². The number of rotatable bonds is 4. The first kappa shape index (κ1) is 17.3. The van der Waals surface area contributed by atoms with Crippen molar-refractivity contribution in [2.75, 3.05) is 16.8 Å². The summed E-state index contributed by atoms with van der Waals surface area (Å²) in [5, 5.41) is 3.25. The van der Waals surface area contributed by atoms with Crippen molar-refractivity contribution in [2.45, 2.75) is 25.9 Å². The summed E-state index contributed by atoms with van der Waals surface area (Å²) in [6, 6.07) is 14.4. The van der Waals surface area contributed by atoms with E-state index in [1.54, 1.807) is 43.0 Å². The van der Waals surface area contributed by atoms with Gasteiger partial charge >= 0.3 is 0 Å². The number of fused-ring (bicyclic) bond motifs is 1. The van der Waals surface area contributed by atoms with Crippen molar-refractivity contribution in [3.63, 3.8) is 0 Å². The van der Waals surface area contributed by atoms with E-state index < -0.39 is 5.60 Å². The lowest BCUT2D eigenvalue weighted by molar-refractivity contribution is -0.132. The summed E-state index contributed by atoms with van der Waals surface area (Å²) >= 11 is 6.05. The lowest BCUT2D eigenvalue weighted by Gasteiger charge is -2.38. The van der Waals surface area contributed by atoms with Gasteiger partial charge in [0, 0.05) is 13.0 Å². The molecule has 3 rings (SSSR count). The molecule has 2 aromatic rings. The Kier molecular flexibility index (Phi) is 4.68. The maximum Gasteiger partial charge on any atom is 0.270 e. The van der Waals surface area contributed by atoms with E-state index in [0.29, 0.717) is 22.1 Å². The maximum atomic E-state index is 12.7. The number of ether oxygens (including phenoxy) is 1. The zero-order chi connectivity index (χ0) is 18.0. The third kappa shape index (κ3) is 3.61. The number of hydrogen-bond acceptors (Lipinski definition) is 3. The van der Waals surface area contributed by atoms with Crippen LogP contribution in [0.4, 0.5) is 11.4 Å². The molecule has 130 valence electrons. The highest BCUT2D eigenvalue weighted by atomic mass is 35.5. The molecule has 1 heterocycles. The number of benzene rings is 2. The summed E-state index contributed by atoms with van der Waals surface area (Å²) in [5.74, 6) is 0.262. The van der Waals surface area contributed by atoms with Gasteiger partial charge in [-0.3, -0.25) is 9.59 Å². The Balaban J connectivity index is 1.73. The molecular weight excluding hydrogens is 340 g/mol. The number of carbonyl (C=O) groups excluding carboxylic acids is 2. The molecule has 0 atom stereocenters. The van der Waals surface area contributed by atoms with Crippen molar-refractivity contribution in [3.05, 3.63) is 53.6 Å². The van der Waals surface area contributed by atoms with E-state index in [1.165, 1.54) is 0 Å². The van der Waals surface area contributed by atoms with E-state index in [1.807, 2.05) is 24.3 Å². The van der Waals surface area contributed by atoms with E-state index >= 15 is 0 Å². The van der Waals surface area contributed by atoms with Crippen molar-refractivity contribution in [3.8, 4) is 5.75 Å². The topological polar surface area (TPSA) is 58.6 Å². The van der Waals surface area contributed by atoms with Gasteiger partial charge in [-0.25, -0.2) is 0 Å². The van der Waals surface area contributed by atoms with Crippen LogP contribution in [0.5, 0.6) is 5.75 Å². The van der Waals surface area contributed by atoms with Gasteiger partial charge < -0.3 is 15.0 Å². The fourth-order valence-electron chi connectivity index (χ4n) is 2.73. The second kappa shape index (κ2) is 6.76. The number of hydrogen-bond donors (Lipinski definition) is 1. The molecule has 25 heavy (non-hydrogen) atoms. The molecule has 0 unspecified atom stereocenters. The molecule has 0 radical (unpaired) electrons. The van der Waals surface area contributed by atoms with Crippen LogP contribution in [-0.4, -0.2) is 24.0 Å². The Bertz CT molecular complexity index is 820. The second-order valence-corrected chi connectivity index (χ2v) is 6.72. The summed E-state index contributed by atoms with van der Waals surface area (Å²) in [5.41, 5.74) is 0.272. The molecule has 0 saturated carbocycles. The summed E-state index contributed by atoms with van der Waals surface area (Å²) in [6.45, 7) is 3.71. The van der Waals surface area contributed by atoms with E-state index in [0.717, 1.165) is 0 Å². The van der Waals surface area contributed by atoms with Crippen LogP contribution >= 0.6 is 11.6 Å². The van der Waals surface area contributed by atoms with Crippen LogP contribution in [0.2, 0.25) is 5.02 Å². The Morgan fingerprint density at radius 3 is 2.60 bits per heavy atom. The fourth-order valence-corrected chi connectivity index (χ4v) is 2.91. The van der Waals surface area contributed by atoms with E-state index in [-0.39, 0.29) is 24.8 Å². The van der Waals surface area contributed by atoms with Crippen LogP contribution in [0.3, 0.4) is 0 Å². The van der Waals surface area contributed by atoms with Crippen LogP contribution in [0.15, 0.2) is 48.5 Å². The first-order valence-electron chi connectivity index (χ1n) is 8.03. The average Bonchev–Trinajstić information content (AvgIpc) is 2.57. The quantitative estimate of drug-likeness (QED) is 0.902. The number of para-hydroxylation sites is 3. The average molecular weight is 359 g/mol. The largest absolute Gasteiger partial charge is 0.476 e. The Morgan fingerprint density at radius 2 is 1.84 bits per heavy atom. The van der Waals surface area contributed by atoms with Crippen molar-refractivity contribution < 1.29 is 14.3 Å². The highest BCUT2D eigenvalue weighted by molar-refractivity contribution is 6.33. The fraction of sp³-hybridized carbons (Fsp3) is 0.263. The zero-order valence-corrected chi connectivity index (χ0v) is 14.8. The minimum absolute atomic E-state index is 0.154. The molecule has 6 heteroatoms. The summed E-state index contributed by atoms with van der Waals surface area (Å²) in [7, 11) is 0. The SMILES string of the molecule is CC1(C)Oc2ccccc2N(CCC(=O)Nc2ccccc2Cl)C1=O. The van der Waals surface area contributed by atoms with Crippen molar-refractivity contribution in [1.29, 1.82) is 0 Å². The Morgan fingerprint density at radius 1 is 1.16 bits per heavy atom. The second-order valence-electron chi connectivity index (χ2n) is 6.31. The first-order chi connectivity index (χ1) is 11.9. The number of nitrogens with zero attached hydrogens (tertiary/aromatic N) is 1. The molecular formula is C19H19ClN2O3. The van der Waals surface area contributed by atoms with Crippen molar-refractivity contribution in [1.82, 2.24) is 0 Å². The molecule has 1 N–H and O–H groups in total. The molecule has 0 fully saturated rings. The maximum absolute atomic E-state index is 12.7. The number of carbonyl (C=O) groups is 2. The number of halogens is 1. The normalized spacial score (nSPS) is 15.3. The van der Waals surface area contributed by atoms with Gasteiger partial charge in [-0.15, -0.1) is 0 Å². The minimum Gasteiger partial charge on any atom is -0.476 e. The van der Waals surface area contributed by atoms with Crippen molar-refractivity contribution >= 4 is 34.8 Å². The van der Waals surface area contributed by atoms with Gasteiger partial charge in [0.2, 0.25) is 5.91 Å². The third-order valence-electron chi connectivity index (χ3n) is 3.99. The molecule has 5 nitrogen and oxygen atoms in total. The monoisotopic (exact) mass is 358 g/mol. The van der Waals surface area contributed by atoms with E-state index in [9.17, 15) is 9.59 Å². The van der Waals surface area contributed by atoms with Gasteiger partial charge in [0.1, 0.15) is 5.75 Å². The van der Waals surface area contributed by atoms with Gasteiger partial charge in [0.15, 0.2) is 5.60 Å². The van der Waals surface area contributed by atoms with Gasteiger partial charge in [0.25, 0.3) is 5.91 Å². The van der Waals surface area contributed by atoms with Gasteiger partial charge in [-0.2, -0.15) is 0 Å². The third-order valence-corrected chi connectivity index (χ3v) is 4.32. The Hall–Kier alpha value is -2.53. The highest BCUT2D eigenvalue weighted by Crippen LogP contribution is 2.37. The van der Waals surface area contributed by atoms with Crippen LogP contribution < -0.4 is 15.0 Å². The lowest BCUT2D eigenvalue weighted by atomic mass is 10.0. The summed E-state index contributed by atoms with van der Waals surface area (Å²) in [4.78, 5) is 26.5. The number of amides is 2. The molecule has 2 aromatic carbocycles. The predicted molar refractivity (Wildman–Crippen MR) is 98.2 cm³/mol. The van der Waals surface area contributed by atoms with Gasteiger partial charge in [-0.1, -0.05) is 35.9 Å². The first-order valence-corrected chi connectivity index (χ1v) is 8.41. The van der Waals surface area contributed by atoms with Crippen LogP contribution in [0.1, 0.15) is 20.3 Å². The molecule has 0 aromatic heterocycles. The predicted octanol–water partition coefficient (Wildman–Crippen LogP) is 3.87. The van der Waals surface area contributed by atoms with Crippen molar-refractivity contribution in [2.24, 2.45) is 0 Å². The van der Waals surface area contributed by atoms with Crippen LogP contribution in [0, 0.1) is 0 Å². The van der Waals surface area contributed by atoms with Crippen LogP contribution in [-0.2, 0) is 9.59 Å². The molecule has 0 saturated heterocycles. The minimum atomic E-state index is -0.965. The Labute approximate surface area is 151 Å². The molecule has 0 bridgehead atoms. The zero-order valence-electron chi connectivity index (χ0n) is 14.1.